The molecule has 0 amide bonds. The molecule has 108 valence electrons. The predicted molar refractivity (Wildman–Crippen MR) is 78.0 cm³/mol. The minimum Gasteiger partial charge on any atom is -0.269 e. The first-order valence-electron chi connectivity index (χ1n) is 6.17. The number of aryl methyl sites for hydroxylation is 1. The molecule has 1 aromatic carbocycles. The summed E-state index contributed by atoms with van der Waals surface area (Å²) < 4.78 is 27.9. The van der Waals surface area contributed by atoms with Gasteiger partial charge in [0.05, 0.1) is 17.1 Å². The van der Waals surface area contributed by atoms with Gasteiger partial charge in [-0.1, -0.05) is 11.6 Å². The standard InChI is InChI=1S/C13H16ClN3O2S/c1-3-17-12(8-9-15-17)10-16(2)20(18,19)13-6-4-11(14)5-7-13/h4-9H,3,10H2,1-2H3. The molecule has 0 unspecified atom stereocenters. The van der Waals surface area contributed by atoms with E-state index < -0.39 is 10.0 Å². The van der Waals surface area contributed by atoms with Crippen LogP contribution in [0.1, 0.15) is 12.6 Å². The van der Waals surface area contributed by atoms with Gasteiger partial charge < -0.3 is 0 Å². The van der Waals surface area contributed by atoms with Crippen molar-refractivity contribution in [1.82, 2.24) is 14.1 Å². The second-order valence-corrected chi connectivity index (χ2v) is 6.83. The molecule has 2 rings (SSSR count). The summed E-state index contributed by atoms with van der Waals surface area (Å²) in [6.45, 7) is 2.94. The number of hydrogen-bond donors (Lipinski definition) is 0. The van der Waals surface area contributed by atoms with Gasteiger partial charge in [0, 0.05) is 24.8 Å². The predicted octanol–water partition coefficient (Wildman–Crippen LogP) is 2.38. The van der Waals surface area contributed by atoms with Gasteiger partial charge in [-0.2, -0.15) is 9.40 Å². The summed E-state index contributed by atoms with van der Waals surface area (Å²) in [6.07, 6.45) is 1.67. The molecule has 0 fully saturated rings. The Labute approximate surface area is 123 Å². The monoisotopic (exact) mass is 313 g/mol. The number of halogens is 1. The normalized spacial score (nSPS) is 12.0. The fraction of sp³-hybridized carbons (Fsp3) is 0.308. The third kappa shape index (κ3) is 3.03. The highest BCUT2D eigenvalue weighted by Crippen LogP contribution is 2.19. The maximum Gasteiger partial charge on any atom is 0.243 e. The van der Waals surface area contributed by atoms with E-state index >= 15 is 0 Å². The van der Waals surface area contributed by atoms with E-state index in [4.69, 9.17) is 11.6 Å². The van der Waals surface area contributed by atoms with Gasteiger partial charge in [0.15, 0.2) is 0 Å². The zero-order valence-electron chi connectivity index (χ0n) is 11.3. The van der Waals surface area contributed by atoms with Crippen molar-refractivity contribution in [2.75, 3.05) is 7.05 Å². The Morgan fingerprint density at radius 1 is 1.25 bits per heavy atom. The fourth-order valence-electron chi connectivity index (χ4n) is 1.88. The lowest BCUT2D eigenvalue weighted by molar-refractivity contribution is 0.447. The van der Waals surface area contributed by atoms with Crippen LogP contribution in [0.25, 0.3) is 0 Å². The molecule has 5 nitrogen and oxygen atoms in total. The molecule has 20 heavy (non-hydrogen) atoms. The average Bonchev–Trinajstić information content (AvgIpc) is 2.86. The summed E-state index contributed by atoms with van der Waals surface area (Å²) in [7, 11) is -1.97. The van der Waals surface area contributed by atoms with Crippen molar-refractivity contribution in [3.05, 3.63) is 47.2 Å². The van der Waals surface area contributed by atoms with Gasteiger partial charge in [0.1, 0.15) is 0 Å². The highest BCUT2D eigenvalue weighted by Gasteiger charge is 2.21. The van der Waals surface area contributed by atoms with Crippen molar-refractivity contribution >= 4 is 21.6 Å². The molecular formula is C13H16ClN3O2S. The first-order chi connectivity index (χ1) is 9.45. The number of hydrogen-bond acceptors (Lipinski definition) is 3. The fourth-order valence-corrected chi connectivity index (χ4v) is 3.15. The van der Waals surface area contributed by atoms with E-state index in [0.717, 1.165) is 5.69 Å². The summed E-state index contributed by atoms with van der Waals surface area (Å²) in [5.41, 5.74) is 0.854. The number of nitrogens with zero attached hydrogens (tertiary/aromatic N) is 3. The quantitative estimate of drug-likeness (QED) is 0.851. The van der Waals surface area contributed by atoms with Crippen LogP contribution in [0, 0.1) is 0 Å². The van der Waals surface area contributed by atoms with Gasteiger partial charge in [0.25, 0.3) is 0 Å². The van der Waals surface area contributed by atoms with Gasteiger partial charge in [-0.15, -0.1) is 0 Å². The zero-order chi connectivity index (χ0) is 14.8. The van der Waals surface area contributed by atoms with Crippen LogP contribution < -0.4 is 0 Å². The number of aromatic nitrogens is 2. The van der Waals surface area contributed by atoms with E-state index in [9.17, 15) is 8.42 Å². The molecule has 0 radical (unpaired) electrons. The summed E-state index contributed by atoms with van der Waals surface area (Å²) >= 11 is 5.78. The summed E-state index contributed by atoms with van der Waals surface area (Å²) in [4.78, 5) is 0.229. The van der Waals surface area contributed by atoms with Crippen LogP contribution in [-0.4, -0.2) is 29.6 Å². The Morgan fingerprint density at radius 2 is 1.90 bits per heavy atom. The van der Waals surface area contributed by atoms with Crippen molar-refractivity contribution in [3.8, 4) is 0 Å². The SMILES string of the molecule is CCn1nccc1CN(C)S(=O)(=O)c1ccc(Cl)cc1. The van der Waals surface area contributed by atoms with Gasteiger partial charge in [-0.05, 0) is 37.3 Å². The van der Waals surface area contributed by atoms with Crippen molar-refractivity contribution in [3.63, 3.8) is 0 Å². The average molecular weight is 314 g/mol. The lowest BCUT2D eigenvalue weighted by Crippen LogP contribution is -2.27. The molecular weight excluding hydrogens is 298 g/mol. The highest BCUT2D eigenvalue weighted by molar-refractivity contribution is 7.89. The van der Waals surface area contributed by atoms with Crippen LogP contribution in [0.15, 0.2) is 41.4 Å². The maximum absolute atomic E-state index is 12.4. The molecule has 0 atom stereocenters. The Hall–Kier alpha value is -1.37. The maximum atomic E-state index is 12.4. The molecule has 0 N–H and O–H groups in total. The Kier molecular flexibility index (Phi) is 4.47. The highest BCUT2D eigenvalue weighted by atomic mass is 35.5. The lowest BCUT2D eigenvalue weighted by Gasteiger charge is -2.17. The number of rotatable bonds is 5. The first-order valence-corrected chi connectivity index (χ1v) is 7.99. The van der Waals surface area contributed by atoms with Gasteiger partial charge in [0.2, 0.25) is 10.0 Å². The molecule has 2 aromatic rings. The molecule has 7 heteroatoms. The smallest absolute Gasteiger partial charge is 0.243 e. The van der Waals surface area contributed by atoms with Crippen LogP contribution in [0.5, 0.6) is 0 Å². The molecule has 0 aliphatic carbocycles. The van der Waals surface area contributed by atoms with Gasteiger partial charge >= 0.3 is 0 Å². The van der Waals surface area contributed by atoms with E-state index in [2.05, 4.69) is 5.10 Å². The molecule has 1 heterocycles. The molecule has 0 aliphatic rings. The minimum absolute atomic E-state index is 0.229. The Balaban J connectivity index is 2.23. The van der Waals surface area contributed by atoms with Crippen LogP contribution >= 0.6 is 11.6 Å². The summed E-state index contributed by atoms with van der Waals surface area (Å²) in [6, 6.07) is 7.96. The van der Waals surface area contributed by atoms with Gasteiger partial charge in [-0.25, -0.2) is 8.42 Å². The van der Waals surface area contributed by atoms with Crippen LogP contribution in [0.2, 0.25) is 5.02 Å². The lowest BCUT2D eigenvalue weighted by atomic mass is 10.4. The second-order valence-electron chi connectivity index (χ2n) is 4.35. The van der Waals surface area contributed by atoms with E-state index in [0.29, 0.717) is 11.6 Å². The minimum atomic E-state index is -3.52. The van der Waals surface area contributed by atoms with E-state index in [1.807, 2.05) is 13.0 Å². The van der Waals surface area contributed by atoms with Crippen molar-refractivity contribution < 1.29 is 8.42 Å². The van der Waals surface area contributed by atoms with Crippen molar-refractivity contribution in [2.45, 2.75) is 24.9 Å². The Morgan fingerprint density at radius 3 is 2.50 bits per heavy atom. The number of benzene rings is 1. The molecule has 0 bridgehead atoms. The third-order valence-corrected chi connectivity index (χ3v) is 5.08. The van der Waals surface area contributed by atoms with Crippen molar-refractivity contribution in [2.24, 2.45) is 0 Å². The Bertz CT molecular complexity index is 680. The molecule has 0 saturated carbocycles. The zero-order valence-corrected chi connectivity index (χ0v) is 12.9. The van der Waals surface area contributed by atoms with Crippen LogP contribution in [0.4, 0.5) is 0 Å². The number of sulfonamides is 1. The van der Waals surface area contributed by atoms with E-state index in [1.54, 1.807) is 30.1 Å². The largest absolute Gasteiger partial charge is 0.269 e. The molecule has 1 aromatic heterocycles. The topological polar surface area (TPSA) is 55.2 Å². The third-order valence-electron chi connectivity index (χ3n) is 3.01. The first kappa shape index (κ1) is 15.0. The summed E-state index contributed by atoms with van der Waals surface area (Å²) in [5.74, 6) is 0. The van der Waals surface area contributed by atoms with Crippen molar-refractivity contribution in [1.29, 1.82) is 0 Å². The second kappa shape index (κ2) is 5.95. The van der Waals surface area contributed by atoms with Crippen LogP contribution in [0.3, 0.4) is 0 Å². The van der Waals surface area contributed by atoms with Gasteiger partial charge in [-0.3, -0.25) is 4.68 Å². The molecule has 0 saturated heterocycles. The van der Waals surface area contributed by atoms with Crippen LogP contribution in [-0.2, 0) is 23.1 Å². The molecule has 0 aliphatic heterocycles. The van der Waals surface area contributed by atoms with E-state index in [-0.39, 0.29) is 11.4 Å². The van der Waals surface area contributed by atoms with E-state index in [1.165, 1.54) is 16.4 Å². The molecule has 0 spiro atoms. The summed E-state index contributed by atoms with van der Waals surface area (Å²) in [5, 5.41) is 4.64.